The molecule has 2 N–H and O–H groups in total. The molecule has 2 rings (SSSR count). The second-order valence-electron chi connectivity index (χ2n) is 7.66. The van der Waals surface area contributed by atoms with E-state index in [1.165, 1.54) is 5.56 Å². The van der Waals surface area contributed by atoms with E-state index in [0.717, 1.165) is 51.6 Å². The summed E-state index contributed by atoms with van der Waals surface area (Å²) in [5, 5.41) is 6.77. The molecule has 3 unspecified atom stereocenters. The molecule has 1 aromatic rings. The standard InChI is InChI=1S/C22H38N4O2.HI/c1-5-23-22(25-18(2)16-28-21-12-14-27-17-21)24-13-11-19(3)26(4)15-20-9-7-6-8-10-20;/h6-10,18-19,21H,5,11-17H2,1-4H3,(H2,23,24,25);1H. The van der Waals surface area contributed by atoms with Crippen LogP contribution >= 0.6 is 24.0 Å². The molecule has 1 aliphatic rings. The topological polar surface area (TPSA) is 58.1 Å². The number of nitrogens with one attached hydrogen (secondary N) is 2. The lowest BCUT2D eigenvalue weighted by atomic mass is 10.1. The highest BCUT2D eigenvalue weighted by atomic mass is 127. The fourth-order valence-corrected chi connectivity index (χ4v) is 3.13. The number of benzene rings is 1. The number of nitrogens with zero attached hydrogens (tertiary/aromatic N) is 2. The van der Waals surface area contributed by atoms with Gasteiger partial charge in [0, 0.05) is 38.3 Å². The van der Waals surface area contributed by atoms with E-state index in [9.17, 15) is 0 Å². The van der Waals surface area contributed by atoms with Crippen molar-refractivity contribution in [3.63, 3.8) is 0 Å². The molecular weight excluding hydrogens is 479 g/mol. The minimum atomic E-state index is 0. The molecule has 0 radical (unpaired) electrons. The molecule has 166 valence electrons. The lowest BCUT2D eigenvalue weighted by Crippen LogP contribution is -2.44. The molecule has 0 aromatic heterocycles. The quantitative estimate of drug-likeness (QED) is 0.268. The third kappa shape index (κ3) is 10.6. The Bertz CT molecular complexity index is 567. The highest BCUT2D eigenvalue weighted by Gasteiger charge is 2.17. The average Bonchev–Trinajstić information content (AvgIpc) is 3.21. The van der Waals surface area contributed by atoms with Crippen molar-refractivity contribution in [2.24, 2.45) is 4.99 Å². The van der Waals surface area contributed by atoms with E-state index in [1.807, 2.05) is 0 Å². The van der Waals surface area contributed by atoms with Gasteiger partial charge in [0.15, 0.2) is 5.96 Å². The van der Waals surface area contributed by atoms with Crippen LogP contribution < -0.4 is 10.6 Å². The van der Waals surface area contributed by atoms with Crippen LogP contribution in [0.4, 0.5) is 0 Å². The SMILES string of the molecule is CCNC(=NCCC(C)N(C)Cc1ccccc1)NC(C)COC1CCOC1.I. The molecule has 6 nitrogen and oxygen atoms in total. The van der Waals surface area contributed by atoms with E-state index in [4.69, 9.17) is 14.5 Å². The van der Waals surface area contributed by atoms with Gasteiger partial charge in [0.25, 0.3) is 0 Å². The molecule has 7 heteroatoms. The molecule has 0 saturated carbocycles. The Labute approximate surface area is 193 Å². The first kappa shape index (κ1) is 26.1. The van der Waals surface area contributed by atoms with E-state index < -0.39 is 0 Å². The zero-order valence-corrected chi connectivity index (χ0v) is 20.7. The molecule has 1 fully saturated rings. The predicted molar refractivity (Wildman–Crippen MR) is 131 cm³/mol. The van der Waals surface area contributed by atoms with Crippen LogP contribution in [-0.4, -0.2) is 69.0 Å². The summed E-state index contributed by atoms with van der Waals surface area (Å²) in [6.07, 6.45) is 2.25. The van der Waals surface area contributed by atoms with Gasteiger partial charge in [-0.2, -0.15) is 0 Å². The second-order valence-corrected chi connectivity index (χ2v) is 7.66. The number of guanidine groups is 1. The molecule has 29 heavy (non-hydrogen) atoms. The number of halogens is 1. The molecule has 3 atom stereocenters. The number of ether oxygens (including phenoxy) is 2. The first-order valence-corrected chi connectivity index (χ1v) is 10.6. The summed E-state index contributed by atoms with van der Waals surface area (Å²) in [4.78, 5) is 7.13. The van der Waals surface area contributed by atoms with E-state index in [1.54, 1.807) is 0 Å². The zero-order chi connectivity index (χ0) is 20.2. The Balaban J connectivity index is 0.00000420. The molecule has 0 amide bonds. The summed E-state index contributed by atoms with van der Waals surface area (Å²) in [6.45, 7) is 11.3. The monoisotopic (exact) mass is 518 g/mol. The van der Waals surface area contributed by atoms with Crippen LogP contribution in [-0.2, 0) is 16.0 Å². The van der Waals surface area contributed by atoms with Crippen molar-refractivity contribution in [3.05, 3.63) is 35.9 Å². The molecule has 0 spiro atoms. The molecular formula is C22H39IN4O2. The van der Waals surface area contributed by atoms with Crippen molar-refractivity contribution < 1.29 is 9.47 Å². The Morgan fingerprint density at radius 1 is 1.31 bits per heavy atom. The molecule has 1 aromatic carbocycles. The Morgan fingerprint density at radius 2 is 2.07 bits per heavy atom. The number of rotatable bonds is 11. The minimum Gasteiger partial charge on any atom is -0.379 e. The van der Waals surface area contributed by atoms with Gasteiger partial charge in [-0.3, -0.25) is 9.89 Å². The van der Waals surface area contributed by atoms with Crippen LogP contribution in [0.5, 0.6) is 0 Å². The highest BCUT2D eigenvalue weighted by molar-refractivity contribution is 14.0. The maximum absolute atomic E-state index is 5.90. The third-order valence-electron chi connectivity index (χ3n) is 5.04. The van der Waals surface area contributed by atoms with Crippen molar-refractivity contribution in [1.29, 1.82) is 0 Å². The van der Waals surface area contributed by atoms with Gasteiger partial charge >= 0.3 is 0 Å². The Kier molecular flexibility index (Phi) is 13.5. The first-order valence-electron chi connectivity index (χ1n) is 10.6. The van der Waals surface area contributed by atoms with Crippen molar-refractivity contribution in [2.45, 2.75) is 58.3 Å². The van der Waals surface area contributed by atoms with Crippen LogP contribution in [0.25, 0.3) is 0 Å². The van der Waals surface area contributed by atoms with Gasteiger partial charge in [0.05, 0.1) is 19.3 Å². The van der Waals surface area contributed by atoms with Gasteiger partial charge in [0.1, 0.15) is 0 Å². The first-order chi connectivity index (χ1) is 13.6. The summed E-state index contributed by atoms with van der Waals surface area (Å²) in [5.41, 5.74) is 1.34. The van der Waals surface area contributed by atoms with Crippen molar-refractivity contribution in [1.82, 2.24) is 15.5 Å². The lowest BCUT2D eigenvalue weighted by Gasteiger charge is -2.24. The van der Waals surface area contributed by atoms with Crippen molar-refractivity contribution in [3.8, 4) is 0 Å². The van der Waals surface area contributed by atoms with Gasteiger partial charge in [-0.15, -0.1) is 24.0 Å². The Morgan fingerprint density at radius 3 is 2.72 bits per heavy atom. The van der Waals surface area contributed by atoms with Crippen LogP contribution in [0.3, 0.4) is 0 Å². The van der Waals surface area contributed by atoms with E-state index in [2.05, 4.69) is 73.7 Å². The summed E-state index contributed by atoms with van der Waals surface area (Å²) in [5.74, 6) is 0.860. The minimum absolute atomic E-state index is 0. The van der Waals surface area contributed by atoms with Gasteiger partial charge in [-0.1, -0.05) is 30.3 Å². The van der Waals surface area contributed by atoms with Gasteiger partial charge in [-0.25, -0.2) is 0 Å². The van der Waals surface area contributed by atoms with Crippen LogP contribution in [0, 0.1) is 0 Å². The molecule has 0 bridgehead atoms. The maximum Gasteiger partial charge on any atom is 0.191 e. The normalized spacial score (nSPS) is 18.9. The van der Waals surface area contributed by atoms with E-state index >= 15 is 0 Å². The van der Waals surface area contributed by atoms with Crippen molar-refractivity contribution in [2.75, 3.05) is 40.0 Å². The zero-order valence-electron chi connectivity index (χ0n) is 18.4. The van der Waals surface area contributed by atoms with Crippen LogP contribution in [0.1, 0.15) is 39.2 Å². The smallest absolute Gasteiger partial charge is 0.191 e. The number of hydrogen-bond donors (Lipinski definition) is 2. The molecule has 1 saturated heterocycles. The molecule has 1 heterocycles. The fraction of sp³-hybridized carbons (Fsp3) is 0.682. The van der Waals surface area contributed by atoms with Crippen LogP contribution in [0.15, 0.2) is 35.3 Å². The summed E-state index contributed by atoms with van der Waals surface area (Å²) >= 11 is 0. The van der Waals surface area contributed by atoms with E-state index in [0.29, 0.717) is 12.6 Å². The number of aliphatic imine (C=N–C) groups is 1. The largest absolute Gasteiger partial charge is 0.379 e. The maximum atomic E-state index is 5.90. The summed E-state index contributed by atoms with van der Waals surface area (Å²) in [6, 6.07) is 11.3. The molecule has 0 aliphatic carbocycles. The highest BCUT2D eigenvalue weighted by Crippen LogP contribution is 2.09. The molecule has 1 aliphatic heterocycles. The van der Waals surface area contributed by atoms with Gasteiger partial charge in [-0.05, 0) is 46.2 Å². The van der Waals surface area contributed by atoms with E-state index in [-0.39, 0.29) is 36.1 Å². The van der Waals surface area contributed by atoms with Gasteiger partial charge in [0.2, 0.25) is 0 Å². The third-order valence-corrected chi connectivity index (χ3v) is 5.04. The summed E-state index contributed by atoms with van der Waals surface area (Å²) in [7, 11) is 2.18. The predicted octanol–water partition coefficient (Wildman–Crippen LogP) is 3.26. The van der Waals surface area contributed by atoms with Crippen molar-refractivity contribution >= 4 is 29.9 Å². The van der Waals surface area contributed by atoms with Gasteiger partial charge < -0.3 is 20.1 Å². The summed E-state index contributed by atoms with van der Waals surface area (Å²) < 4.78 is 11.3. The Hall–Kier alpha value is -0.900. The lowest BCUT2D eigenvalue weighted by molar-refractivity contribution is 0.0347. The van der Waals surface area contributed by atoms with Crippen LogP contribution in [0.2, 0.25) is 0 Å². The second kappa shape index (κ2) is 15.0. The fourth-order valence-electron chi connectivity index (χ4n) is 3.13. The number of hydrogen-bond acceptors (Lipinski definition) is 4. The average molecular weight is 518 g/mol.